The average molecular weight is 486 g/mol. The summed E-state index contributed by atoms with van der Waals surface area (Å²) in [6.45, 7) is 0.756. The summed E-state index contributed by atoms with van der Waals surface area (Å²) in [6.07, 6.45) is 13.5. The Labute approximate surface area is 208 Å². The third-order valence-electron chi connectivity index (χ3n) is 5.64. The number of hydrogen-bond donors (Lipinski definition) is 1. The van der Waals surface area contributed by atoms with Crippen molar-refractivity contribution in [3.63, 3.8) is 0 Å². The summed E-state index contributed by atoms with van der Waals surface area (Å²) in [7, 11) is 1.73. The van der Waals surface area contributed by atoms with Crippen LogP contribution in [0.15, 0.2) is 90.0 Å². The van der Waals surface area contributed by atoms with Gasteiger partial charge < -0.3 is 19.7 Å². The molecular formula is C27H24ClN5O2. The summed E-state index contributed by atoms with van der Waals surface area (Å²) in [5.74, 6) is 2.70. The van der Waals surface area contributed by atoms with E-state index in [-0.39, 0.29) is 0 Å². The number of methoxy groups -OCH3 is 1. The molecule has 0 spiro atoms. The number of nitrogens with zero attached hydrogens (tertiary/aromatic N) is 4. The Morgan fingerprint density at radius 2 is 2.09 bits per heavy atom. The zero-order chi connectivity index (χ0) is 24.0. The molecule has 2 aliphatic rings. The minimum Gasteiger partial charge on any atom is -0.456 e. The van der Waals surface area contributed by atoms with Crippen LogP contribution in [-0.4, -0.2) is 34.4 Å². The van der Waals surface area contributed by atoms with E-state index in [0.717, 1.165) is 54.1 Å². The minimum absolute atomic E-state index is 0.482. The van der Waals surface area contributed by atoms with Crippen LogP contribution in [0.25, 0.3) is 10.9 Å². The molecule has 2 aliphatic heterocycles. The quantitative estimate of drug-likeness (QED) is 0.290. The number of unbranched alkanes of at least 4 members (excludes halogenated alkanes) is 1. The molecule has 176 valence electrons. The number of rotatable bonds is 9. The smallest absolute Gasteiger partial charge is 0.146 e. The topological polar surface area (TPSA) is 71.9 Å². The van der Waals surface area contributed by atoms with E-state index in [1.165, 1.54) is 5.56 Å². The van der Waals surface area contributed by atoms with Gasteiger partial charge in [0.2, 0.25) is 0 Å². The van der Waals surface area contributed by atoms with E-state index in [1.54, 1.807) is 25.8 Å². The molecule has 0 fully saturated rings. The van der Waals surface area contributed by atoms with Gasteiger partial charge in [-0.2, -0.15) is 0 Å². The first kappa shape index (κ1) is 22.9. The molecule has 0 radical (unpaired) electrons. The molecule has 7 nitrogen and oxygen atoms in total. The summed E-state index contributed by atoms with van der Waals surface area (Å²) >= 11 is 6.58. The van der Waals surface area contributed by atoms with Crippen molar-refractivity contribution < 1.29 is 9.47 Å². The first-order chi connectivity index (χ1) is 17.2. The van der Waals surface area contributed by atoms with E-state index in [1.807, 2.05) is 53.6 Å². The van der Waals surface area contributed by atoms with Gasteiger partial charge in [-0.05, 0) is 55.2 Å². The van der Waals surface area contributed by atoms with E-state index in [0.29, 0.717) is 16.5 Å². The largest absolute Gasteiger partial charge is 0.456 e. The predicted octanol–water partition coefficient (Wildman–Crippen LogP) is 6.13. The Morgan fingerprint density at radius 3 is 2.97 bits per heavy atom. The Balaban J connectivity index is 1.35. The molecule has 0 unspecified atom stereocenters. The van der Waals surface area contributed by atoms with Gasteiger partial charge in [0, 0.05) is 37.1 Å². The number of aryl methyl sites for hydroxylation is 1. The third kappa shape index (κ3) is 5.28. The van der Waals surface area contributed by atoms with Crippen LogP contribution < -0.4 is 10.1 Å². The lowest BCUT2D eigenvalue weighted by Gasteiger charge is -2.21. The van der Waals surface area contributed by atoms with Gasteiger partial charge >= 0.3 is 0 Å². The van der Waals surface area contributed by atoms with Gasteiger partial charge in [0.05, 0.1) is 22.9 Å². The second-order valence-electron chi connectivity index (χ2n) is 8.04. The van der Waals surface area contributed by atoms with E-state index >= 15 is 0 Å². The maximum absolute atomic E-state index is 6.58. The number of benzene rings is 2. The Hall–Kier alpha value is -3.90. The van der Waals surface area contributed by atoms with Crippen LogP contribution in [-0.2, 0) is 11.2 Å². The second kappa shape index (κ2) is 10.6. The summed E-state index contributed by atoms with van der Waals surface area (Å²) in [4.78, 5) is 15.1. The number of amidine groups is 1. The summed E-state index contributed by atoms with van der Waals surface area (Å²) in [5, 5.41) is 4.91. The van der Waals surface area contributed by atoms with Crippen LogP contribution >= 0.6 is 11.6 Å². The number of allylic oxidation sites excluding steroid dienone is 1. The zero-order valence-corrected chi connectivity index (χ0v) is 20.0. The molecule has 35 heavy (non-hydrogen) atoms. The fraction of sp³-hybridized carbons (Fsp3) is 0.185. The normalized spacial score (nSPS) is 14.1. The van der Waals surface area contributed by atoms with E-state index < -0.39 is 0 Å². The maximum atomic E-state index is 6.58. The summed E-state index contributed by atoms with van der Waals surface area (Å²) in [5.41, 5.74) is 5.85. The number of halogens is 1. The third-order valence-corrected chi connectivity index (χ3v) is 5.93. The number of aliphatic imine (C=N–C) groups is 1. The van der Waals surface area contributed by atoms with Gasteiger partial charge in [0.15, 0.2) is 0 Å². The van der Waals surface area contributed by atoms with Gasteiger partial charge in [-0.1, -0.05) is 29.5 Å². The number of ether oxygens (including phenoxy) is 2. The van der Waals surface area contributed by atoms with Crippen molar-refractivity contribution >= 4 is 39.8 Å². The monoisotopic (exact) mass is 485 g/mol. The van der Waals surface area contributed by atoms with Crippen molar-refractivity contribution in [2.45, 2.75) is 19.3 Å². The van der Waals surface area contributed by atoms with Gasteiger partial charge in [0.25, 0.3) is 0 Å². The van der Waals surface area contributed by atoms with Crippen LogP contribution in [0.4, 0.5) is 11.5 Å². The average Bonchev–Trinajstić information content (AvgIpc) is 2.88. The number of nitrogens with one attached hydrogen (secondary N) is 1. The molecule has 5 rings (SSSR count). The first-order valence-electron chi connectivity index (χ1n) is 11.3. The van der Waals surface area contributed by atoms with Gasteiger partial charge in [-0.25, -0.2) is 15.0 Å². The summed E-state index contributed by atoms with van der Waals surface area (Å²) in [6, 6.07) is 11.7. The molecule has 3 heterocycles. The number of anilines is 2. The lowest BCUT2D eigenvalue weighted by atomic mass is 10.0. The van der Waals surface area contributed by atoms with Crippen LogP contribution in [0.2, 0.25) is 5.02 Å². The van der Waals surface area contributed by atoms with Gasteiger partial charge in [-0.3, -0.25) is 0 Å². The molecule has 0 bridgehead atoms. The number of fused-ring (bicyclic) bond motifs is 2. The summed E-state index contributed by atoms with van der Waals surface area (Å²) < 4.78 is 11.2. The molecule has 0 amide bonds. The molecule has 0 saturated carbocycles. The molecule has 0 aliphatic carbocycles. The van der Waals surface area contributed by atoms with E-state index in [4.69, 9.17) is 21.1 Å². The van der Waals surface area contributed by atoms with Crippen LogP contribution in [0.5, 0.6) is 5.75 Å². The van der Waals surface area contributed by atoms with Gasteiger partial charge in [0.1, 0.15) is 29.5 Å². The Kier molecular flexibility index (Phi) is 6.91. The lowest BCUT2D eigenvalue weighted by molar-refractivity contribution is 0.193. The minimum atomic E-state index is 0.482. The maximum Gasteiger partial charge on any atom is 0.146 e. The van der Waals surface area contributed by atoms with Crippen LogP contribution in [0.3, 0.4) is 0 Å². The zero-order valence-electron chi connectivity index (χ0n) is 19.2. The number of hydrogen-bond acceptors (Lipinski definition) is 7. The lowest BCUT2D eigenvalue weighted by Crippen LogP contribution is -2.22. The van der Waals surface area contributed by atoms with Crippen LogP contribution in [0.1, 0.15) is 18.4 Å². The predicted molar refractivity (Wildman–Crippen MR) is 139 cm³/mol. The van der Waals surface area contributed by atoms with Crippen molar-refractivity contribution in [2.24, 2.45) is 4.99 Å². The molecule has 3 aromatic rings. The highest BCUT2D eigenvalue weighted by Gasteiger charge is 2.15. The number of aromatic nitrogens is 2. The van der Waals surface area contributed by atoms with Crippen LogP contribution in [0, 0.1) is 0 Å². The van der Waals surface area contributed by atoms with Crippen molar-refractivity contribution in [2.75, 3.05) is 19.0 Å². The molecular weight excluding hydrogens is 462 g/mol. The highest BCUT2D eigenvalue weighted by molar-refractivity contribution is 6.32. The first-order valence-corrected chi connectivity index (χ1v) is 11.7. The van der Waals surface area contributed by atoms with Crippen molar-refractivity contribution in [3.05, 3.63) is 95.6 Å². The highest BCUT2D eigenvalue weighted by atomic mass is 35.5. The van der Waals surface area contributed by atoms with Crippen molar-refractivity contribution in [1.82, 2.24) is 14.9 Å². The second-order valence-corrected chi connectivity index (χ2v) is 8.44. The van der Waals surface area contributed by atoms with E-state index in [2.05, 4.69) is 32.1 Å². The fourth-order valence-corrected chi connectivity index (χ4v) is 4.16. The molecule has 1 N–H and O–H groups in total. The molecule has 1 aromatic heterocycles. The Morgan fingerprint density at radius 1 is 1.14 bits per heavy atom. The standard InChI is InChI=1S/C27H24ClN5O2/c1-34-15-3-2-6-19-7-4-8-23-26(19)27(31-18-30-23)32-20-9-10-24(22(28)16-20)35-21-11-14-33-13-5-12-29-25(33)17-21/h4,7-14,16-18H,2-3,6,15H2,1H3,(H,30,31,32). The molecule has 2 aromatic carbocycles. The molecule has 8 heteroatoms. The van der Waals surface area contributed by atoms with Crippen molar-refractivity contribution in [3.8, 4) is 5.75 Å². The SMILES string of the molecule is COCCCCc1cccc2ncnc(Nc3ccc(OC4=CC5=NC=C=CN5C=C4)c(Cl)c3)c12. The fourth-order valence-electron chi connectivity index (χ4n) is 3.94. The van der Waals surface area contributed by atoms with E-state index in [9.17, 15) is 0 Å². The molecule has 0 saturated heterocycles. The highest BCUT2D eigenvalue weighted by Crippen LogP contribution is 2.33. The molecule has 0 atom stereocenters. The van der Waals surface area contributed by atoms with Gasteiger partial charge in [-0.15, -0.1) is 0 Å². The Bertz CT molecular complexity index is 1400. The van der Waals surface area contributed by atoms with Crippen molar-refractivity contribution in [1.29, 1.82) is 0 Å².